The molecule has 0 fully saturated rings. The average molecular weight is 323 g/mol. The molecule has 0 bridgehead atoms. The smallest absolute Gasteiger partial charge is 0.220 e. The zero-order valence-electron chi connectivity index (χ0n) is 15.3. The van der Waals surface area contributed by atoms with E-state index in [0.29, 0.717) is 12.3 Å². The number of amides is 1. The summed E-state index contributed by atoms with van der Waals surface area (Å²) in [6.45, 7) is 8.45. The van der Waals surface area contributed by atoms with Gasteiger partial charge in [0.25, 0.3) is 0 Å². The molecule has 1 N–H and O–H groups in total. The lowest BCUT2D eigenvalue weighted by Gasteiger charge is -2.18. The summed E-state index contributed by atoms with van der Waals surface area (Å²) in [5.74, 6) is 0.542. The molecule has 0 saturated carbocycles. The fourth-order valence-electron chi connectivity index (χ4n) is 3.08. The molecule has 2 atom stereocenters. The fraction of sp³-hybridized carbons (Fsp3) is 0.409. The minimum Gasteiger partial charge on any atom is -0.350 e. The lowest BCUT2D eigenvalue weighted by molar-refractivity contribution is -0.122. The molecule has 2 nitrogen and oxygen atoms in total. The first-order valence-electron chi connectivity index (χ1n) is 8.87. The molecule has 0 aromatic heterocycles. The van der Waals surface area contributed by atoms with E-state index in [9.17, 15) is 4.79 Å². The van der Waals surface area contributed by atoms with Crippen LogP contribution in [0.3, 0.4) is 0 Å². The van der Waals surface area contributed by atoms with E-state index in [-0.39, 0.29) is 11.9 Å². The van der Waals surface area contributed by atoms with Gasteiger partial charge in [0.05, 0.1) is 6.04 Å². The number of carbonyl (C=O) groups excluding carboxylic acids is 1. The van der Waals surface area contributed by atoms with Crippen molar-refractivity contribution in [3.63, 3.8) is 0 Å². The third-order valence-corrected chi connectivity index (χ3v) is 4.41. The molecule has 0 spiro atoms. The van der Waals surface area contributed by atoms with E-state index in [4.69, 9.17) is 0 Å². The van der Waals surface area contributed by atoms with E-state index in [2.05, 4.69) is 69.4 Å². The van der Waals surface area contributed by atoms with Crippen LogP contribution < -0.4 is 5.32 Å². The molecule has 24 heavy (non-hydrogen) atoms. The molecule has 2 aromatic carbocycles. The van der Waals surface area contributed by atoms with Crippen molar-refractivity contribution in [2.24, 2.45) is 5.92 Å². The number of nitrogens with one attached hydrogen (secondary N) is 1. The summed E-state index contributed by atoms with van der Waals surface area (Å²) in [5, 5.41) is 5.59. The molecular formula is C22H29NO. The standard InChI is InChI=1S/C22H29NO/c1-16(2)9-7-10-17(3)15-22(24)23-18(4)20-14-8-12-19-11-5-6-13-21(19)20/h5-6,8-9,11-14,17-18H,7,10,15H2,1-4H3,(H,23,24). The summed E-state index contributed by atoms with van der Waals surface area (Å²) in [6, 6.07) is 14.6. The summed E-state index contributed by atoms with van der Waals surface area (Å²) >= 11 is 0. The topological polar surface area (TPSA) is 29.1 Å². The third-order valence-electron chi connectivity index (χ3n) is 4.41. The molecule has 2 heteroatoms. The first-order valence-corrected chi connectivity index (χ1v) is 8.87. The van der Waals surface area contributed by atoms with Crippen molar-refractivity contribution in [2.45, 2.75) is 53.0 Å². The Bertz CT molecular complexity index is 707. The van der Waals surface area contributed by atoms with Gasteiger partial charge in [-0.15, -0.1) is 0 Å². The molecule has 2 unspecified atom stereocenters. The van der Waals surface area contributed by atoms with Crippen molar-refractivity contribution in [2.75, 3.05) is 0 Å². The highest BCUT2D eigenvalue weighted by molar-refractivity contribution is 5.86. The van der Waals surface area contributed by atoms with Crippen LogP contribution in [0.25, 0.3) is 10.8 Å². The Labute approximate surface area is 146 Å². The Hall–Kier alpha value is -2.09. The molecule has 1 amide bonds. The summed E-state index contributed by atoms with van der Waals surface area (Å²) < 4.78 is 0. The number of hydrogen-bond donors (Lipinski definition) is 1. The van der Waals surface area contributed by atoms with Gasteiger partial charge >= 0.3 is 0 Å². The molecule has 0 radical (unpaired) electrons. The van der Waals surface area contributed by atoms with Gasteiger partial charge in [0.15, 0.2) is 0 Å². The van der Waals surface area contributed by atoms with Gasteiger partial charge < -0.3 is 5.32 Å². The lowest BCUT2D eigenvalue weighted by Crippen LogP contribution is -2.28. The van der Waals surface area contributed by atoms with Crippen molar-refractivity contribution >= 4 is 16.7 Å². The number of rotatable bonds is 7. The maximum absolute atomic E-state index is 12.3. The van der Waals surface area contributed by atoms with E-state index in [1.165, 1.54) is 21.9 Å². The van der Waals surface area contributed by atoms with Gasteiger partial charge in [-0.3, -0.25) is 4.79 Å². The summed E-state index contributed by atoms with van der Waals surface area (Å²) in [7, 11) is 0. The minimum atomic E-state index is 0.0218. The Balaban J connectivity index is 1.94. The van der Waals surface area contributed by atoms with Crippen LogP contribution in [0.4, 0.5) is 0 Å². The Kier molecular flexibility index (Phi) is 6.60. The molecule has 0 heterocycles. The Morgan fingerprint density at radius 1 is 1.08 bits per heavy atom. The summed E-state index contributed by atoms with van der Waals surface area (Å²) in [6.07, 6.45) is 4.94. The van der Waals surface area contributed by atoms with E-state index in [1.807, 2.05) is 12.1 Å². The first kappa shape index (κ1) is 18.3. The number of allylic oxidation sites excluding steroid dienone is 2. The number of hydrogen-bond acceptors (Lipinski definition) is 1. The predicted molar refractivity (Wildman–Crippen MR) is 103 cm³/mol. The van der Waals surface area contributed by atoms with Crippen LogP contribution in [0.1, 0.15) is 58.6 Å². The van der Waals surface area contributed by atoms with Gasteiger partial charge in [-0.05, 0) is 55.9 Å². The second-order valence-corrected chi connectivity index (χ2v) is 7.03. The van der Waals surface area contributed by atoms with Crippen LogP contribution in [0.15, 0.2) is 54.1 Å². The molecule has 0 aliphatic rings. The normalized spacial score (nSPS) is 13.3. The maximum Gasteiger partial charge on any atom is 0.220 e. The quantitative estimate of drug-likeness (QED) is 0.642. The summed E-state index contributed by atoms with van der Waals surface area (Å²) in [4.78, 5) is 12.3. The molecule has 0 saturated heterocycles. The second kappa shape index (κ2) is 8.68. The lowest BCUT2D eigenvalue weighted by atomic mass is 9.98. The largest absolute Gasteiger partial charge is 0.350 e. The molecule has 2 rings (SSSR count). The number of fused-ring (bicyclic) bond motifs is 1. The van der Waals surface area contributed by atoms with Crippen LogP contribution >= 0.6 is 0 Å². The molecule has 128 valence electrons. The van der Waals surface area contributed by atoms with Crippen molar-refractivity contribution < 1.29 is 4.79 Å². The number of carbonyl (C=O) groups is 1. The van der Waals surface area contributed by atoms with Crippen LogP contribution in [0.5, 0.6) is 0 Å². The van der Waals surface area contributed by atoms with Gasteiger partial charge in [-0.1, -0.05) is 61.0 Å². The van der Waals surface area contributed by atoms with E-state index in [1.54, 1.807) is 0 Å². The Morgan fingerprint density at radius 2 is 1.79 bits per heavy atom. The predicted octanol–water partition coefficient (Wildman–Crippen LogP) is 5.79. The van der Waals surface area contributed by atoms with Crippen molar-refractivity contribution in [1.29, 1.82) is 0 Å². The van der Waals surface area contributed by atoms with E-state index >= 15 is 0 Å². The highest BCUT2D eigenvalue weighted by Crippen LogP contribution is 2.24. The van der Waals surface area contributed by atoms with Crippen molar-refractivity contribution in [1.82, 2.24) is 5.32 Å². The van der Waals surface area contributed by atoms with Gasteiger partial charge in [0.2, 0.25) is 5.91 Å². The third kappa shape index (κ3) is 5.23. The van der Waals surface area contributed by atoms with Crippen LogP contribution in [0.2, 0.25) is 0 Å². The van der Waals surface area contributed by atoms with E-state index in [0.717, 1.165) is 12.8 Å². The van der Waals surface area contributed by atoms with Gasteiger partial charge in [0.1, 0.15) is 0 Å². The van der Waals surface area contributed by atoms with E-state index < -0.39 is 0 Å². The van der Waals surface area contributed by atoms with Gasteiger partial charge in [0, 0.05) is 6.42 Å². The highest BCUT2D eigenvalue weighted by Gasteiger charge is 2.14. The molecule has 2 aromatic rings. The van der Waals surface area contributed by atoms with Crippen LogP contribution in [-0.2, 0) is 4.79 Å². The molecule has 0 aliphatic carbocycles. The monoisotopic (exact) mass is 323 g/mol. The summed E-state index contributed by atoms with van der Waals surface area (Å²) in [5.41, 5.74) is 2.52. The minimum absolute atomic E-state index is 0.0218. The van der Waals surface area contributed by atoms with Crippen molar-refractivity contribution in [3.8, 4) is 0 Å². The zero-order chi connectivity index (χ0) is 17.5. The highest BCUT2D eigenvalue weighted by atomic mass is 16.1. The fourth-order valence-corrected chi connectivity index (χ4v) is 3.08. The molecular weight excluding hydrogens is 294 g/mol. The van der Waals surface area contributed by atoms with Gasteiger partial charge in [-0.25, -0.2) is 0 Å². The zero-order valence-corrected chi connectivity index (χ0v) is 15.3. The number of benzene rings is 2. The van der Waals surface area contributed by atoms with Crippen LogP contribution in [-0.4, -0.2) is 5.91 Å². The second-order valence-electron chi connectivity index (χ2n) is 7.03. The average Bonchev–Trinajstić information content (AvgIpc) is 2.53. The Morgan fingerprint density at radius 3 is 2.54 bits per heavy atom. The first-order chi connectivity index (χ1) is 11.5. The van der Waals surface area contributed by atoms with Crippen LogP contribution in [0, 0.1) is 5.92 Å². The molecule has 0 aliphatic heterocycles. The van der Waals surface area contributed by atoms with Crippen molar-refractivity contribution in [3.05, 3.63) is 59.7 Å². The van der Waals surface area contributed by atoms with Gasteiger partial charge in [-0.2, -0.15) is 0 Å². The maximum atomic E-state index is 12.3. The SMILES string of the molecule is CC(C)=CCCC(C)CC(=O)NC(C)c1cccc2ccccc12.